The molecule has 0 fully saturated rings. The molecule has 0 amide bonds. The molecule has 1 aromatic carbocycles. The van der Waals surface area contributed by atoms with Gasteiger partial charge in [-0.15, -0.1) is 0 Å². The lowest BCUT2D eigenvalue weighted by atomic mass is 10.0. The van der Waals surface area contributed by atoms with Crippen LogP contribution in [0.4, 0.5) is 10.1 Å². The van der Waals surface area contributed by atoms with Crippen LogP contribution < -0.4 is 10.6 Å². The molecule has 0 aliphatic rings. The molecule has 4 nitrogen and oxygen atoms in total. The van der Waals surface area contributed by atoms with Gasteiger partial charge >= 0.3 is 0 Å². The van der Waals surface area contributed by atoms with E-state index in [-0.39, 0.29) is 17.6 Å². The van der Waals surface area contributed by atoms with Gasteiger partial charge in [0.2, 0.25) is 0 Å². The fourth-order valence-electron chi connectivity index (χ4n) is 1.86. The third-order valence-corrected chi connectivity index (χ3v) is 3.72. The van der Waals surface area contributed by atoms with Crippen molar-refractivity contribution in [2.24, 2.45) is 5.73 Å². The van der Waals surface area contributed by atoms with E-state index in [1.807, 2.05) is 11.8 Å². The molecule has 0 radical (unpaired) electrons. The standard InChI is InChI=1S/C13H21FN2O2S/c1-10(15)8-11-9-12(14)4-5-13(11)16(2)6-7-19(3,17)18/h4-5,9-10H,6-8,15H2,1-3H3. The number of sulfone groups is 1. The summed E-state index contributed by atoms with van der Waals surface area (Å²) in [6.45, 7) is 2.22. The van der Waals surface area contributed by atoms with E-state index in [2.05, 4.69) is 0 Å². The third kappa shape index (κ3) is 5.57. The maximum atomic E-state index is 13.3. The van der Waals surface area contributed by atoms with Gasteiger partial charge in [0.25, 0.3) is 0 Å². The molecule has 2 N–H and O–H groups in total. The van der Waals surface area contributed by atoms with Crippen LogP contribution in [0.1, 0.15) is 12.5 Å². The molecule has 1 atom stereocenters. The average Bonchev–Trinajstić information content (AvgIpc) is 2.24. The zero-order chi connectivity index (χ0) is 14.6. The van der Waals surface area contributed by atoms with Gasteiger partial charge in [0.15, 0.2) is 0 Å². The fraction of sp³-hybridized carbons (Fsp3) is 0.538. The Morgan fingerprint density at radius 3 is 2.58 bits per heavy atom. The van der Waals surface area contributed by atoms with Crippen LogP contribution in [-0.2, 0) is 16.3 Å². The Balaban J connectivity index is 2.92. The van der Waals surface area contributed by atoms with E-state index in [9.17, 15) is 12.8 Å². The molecule has 0 spiro atoms. The first-order chi connectivity index (χ1) is 8.69. The van der Waals surface area contributed by atoms with Gasteiger partial charge < -0.3 is 10.6 Å². The van der Waals surface area contributed by atoms with Crippen LogP contribution in [-0.4, -0.2) is 40.1 Å². The molecule has 0 aliphatic carbocycles. The summed E-state index contributed by atoms with van der Waals surface area (Å²) in [6, 6.07) is 4.41. The highest BCUT2D eigenvalue weighted by atomic mass is 32.2. The maximum Gasteiger partial charge on any atom is 0.149 e. The highest BCUT2D eigenvalue weighted by Crippen LogP contribution is 2.22. The Labute approximate surface area is 114 Å². The zero-order valence-corrected chi connectivity index (χ0v) is 12.4. The Bertz CT molecular complexity index is 529. The first-order valence-corrected chi connectivity index (χ1v) is 8.18. The van der Waals surface area contributed by atoms with Gasteiger partial charge in [-0.25, -0.2) is 12.8 Å². The van der Waals surface area contributed by atoms with E-state index < -0.39 is 9.84 Å². The van der Waals surface area contributed by atoms with Crippen molar-refractivity contribution in [3.63, 3.8) is 0 Å². The monoisotopic (exact) mass is 288 g/mol. The predicted octanol–water partition coefficient (Wildman–Crippen LogP) is 1.20. The third-order valence-electron chi connectivity index (χ3n) is 2.79. The van der Waals surface area contributed by atoms with Crippen molar-refractivity contribution in [2.75, 3.05) is 30.5 Å². The predicted molar refractivity (Wildman–Crippen MR) is 76.7 cm³/mol. The van der Waals surface area contributed by atoms with E-state index in [0.29, 0.717) is 13.0 Å². The lowest BCUT2D eigenvalue weighted by Crippen LogP contribution is -2.27. The summed E-state index contributed by atoms with van der Waals surface area (Å²) in [5.41, 5.74) is 7.37. The summed E-state index contributed by atoms with van der Waals surface area (Å²) in [7, 11) is -1.22. The lowest BCUT2D eigenvalue weighted by molar-refractivity contribution is 0.600. The molecule has 0 saturated carbocycles. The first kappa shape index (κ1) is 15.9. The van der Waals surface area contributed by atoms with Gasteiger partial charge in [0.1, 0.15) is 15.7 Å². The molecular formula is C13H21FN2O2S. The second kappa shape index (κ2) is 6.34. The van der Waals surface area contributed by atoms with Crippen LogP contribution >= 0.6 is 0 Å². The van der Waals surface area contributed by atoms with E-state index in [1.165, 1.54) is 18.4 Å². The van der Waals surface area contributed by atoms with Gasteiger partial charge in [0.05, 0.1) is 5.75 Å². The summed E-state index contributed by atoms with van der Waals surface area (Å²) in [4.78, 5) is 1.82. The molecule has 0 bridgehead atoms. The van der Waals surface area contributed by atoms with Crippen molar-refractivity contribution in [2.45, 2.75) is 19.4 Å². The molecule has 1 unspecified atom stereocenters. The summed E-state index contributed by atoms with van der Waals surface area (Å²) in [5, 5.41) is 0. The molecule has 108 valence electrons. The van der Waals surface area contributed by atoms with E-state index in [0.717, 1.165) is 11.3 Å². The number of nitrogens with zero attached hydrogens (tertiary/aromatic N) is 1. The van der Waals surface area contributed by atoms with Crippen LogP contribution in [0.15, 0.2) is 18.2 Å². The smallest absolute Gasteiger partial charge is 0.149 e. The average molecular weight is 288 g/mol. The second-order valence-electron chi connectivity index (χ2n) is 5.01. The van der Waals surface area contributed by atoms with Crippen molar-refractivity contribution < 1.29 is 12.8 Å². The Kier molecular flexibility index (Phi) is 5.31. The fourth-order valence-corrected chi connectivity index (χ4v) is 2.47. The topological polar surface area (TPSA) is 63.4 Å². The molecule has 0 aliphatic heterocycles. The second-order valence-corrected chi connectivity index (χ2v) is 7.27. The lowest BCUT2D eigenvalue weighted by Gasteiger charge is -2.23. The van der Waals surface area contributed by atoms with Gasteiger partial charge in [-0.1, -0.05) is 0 Å². The van der Waals surface area contributed by atoms with Crippen LogP contribution in [0.25, 0.3) is 0 Å². The summed E-state index contributed by atoms with van der Waals surface area (Å²) in [5.74, 6) is -0.241. The van der Waals surface area contributed by atoms with E-state index >= 15 is 0 Å². The molecular weight excluding hydrogens is 267 g/mol. The van der Waals surface area contributed by atoms with Crippen molar-refractivity contribution in [3.8, 4) is 0 Å². The minimum atomic E-state index is -3.01. The first-order valence-electron chi connectivity index (χ1n) is 6.12. The Morgan fingerprint density at radius 1 is 1.42 bits per heavy atom. The van der Waals surface area contributed by atoms with Crippen LogP contribution in [0.3, 0.4) is 0 Å². The Hall–Kier alpha value is -1.14. The molecule has 1 aromatic rings. The number of rotatable bonds is 6. The zero-order valence-electron chi connectivity index (χ0n) is 11.6. The van der Waals surface area contributed by atoms with Gasteiger partial charge in [-0.2, -0.15) is 0 Å². The van der Waals surface area contributed by atoms with Crippen molar-refractivity contribution >= 4 is 15.5 Å². The quantitative estimate of drug-likeness (QED) is 0.854. The normalized spacial score (nSPS) is 13.3. The van der Waals surface area contributed by atoms with Gasteiger partial charge in [-0.05, 0) is 37.1 Å². The number of benzene rings is 1. The highest BCUT2D eigenvalue weighted by Gasteiger charge is 2.12. The highest BCUT2D eigenvalue weighted by molar-refractivity contribution is 7.90. The number of anilines is 1. The minimum absolute atomic E-state index is 0.0680. The van der Waals surface area contributed by atoms with Gasteiger partial charge in [-0.3, -0.25) is 0 Å². The number of hydrogen-bond donors (Lipinski definition) is 1. The van der Waals surface area contributed by atoms with Crippen LogP contribution in [0.2, 0.25) is 0 Å². The number of hydrogen-bond acceptors (Lipinski definition) is 4. The SMILES string of the molecule is CC(N)Cc1cc(F)ccc1N(C)CCS(C)(=O)=O. The Morgan fingerprint density at radius 2 is 2.05 bits per heavy atom. The van der Waals surface area contributed by atoms with Crippen LogP contribution in [0, 0.1) is 5.82 Å². The summed E-state index contributed by atoms with van der Waals surface area (Å²) in [6.07, 6.45) is 1.75. The summed E-state index contributed by atoms with van der Waals surface area (Å²) >= 11 is 0. The van der Waals surface area contributed by atoms with Gasteiger partial charge in [0, 0.05) is 31.6 Å². The van der Waals surface area contributed by atoms with E-state index in [4.69, 9.17) is 5.73 Å². The molecule has 0 saturated heterocycles. The molecule has 19 heavy (non-hydrogen) atoms. The molecule has 6 heteroatoms. The van der Waals surface area contributed by atoms with Crippen molar-refractivity contribution in [1.29, 1.82) is 0 Å². The van der Waals surface area contributed by atoms with Crippen molar-refractivity contribution in [3.05, 3.63) is 29.6 Å². The largest absolute Gasteiger partial charge is 0.373 e. The molecule has 1 rings (SSSR count). The van der Waals surface area contributed by atoms with Crippen molar-refractivity contribution in [1.82, 2.24) is 0 Å². The molecule has 0 aromatic heterocycles. The molecule has 0 heterocycles. The number of halogens is 1. The minimum Gasteiger partial charge on any atom is -0.373 e. The number of nitrogens with two attached hydrogens (primary N) is 1. The summed E-state index contributed by atoms with van der Waals surface area (Å²) < 4.78 is 35.6. The van der Waals surface area contributed by atoms with Crippen LogP contribution in [0.5, 0.6) is 0 Å². The maximum absolute atomic E-state index is 13.3. The van der Waals surface area contributed by atoms with E-state index in [1.54, 1.807) is 13.1 Å².